The summed E-state index contributed by atoms with van der Waals surface area (Å²) in [5, 5.41) is 13.3. The molecule has 0 saturated heterocycles. The van der Waals surface area contributed by atoms with Crippen LogP contribution in [0.5, 0.6) is 5.75 Å². The molecule has 0 aliphatic carbocycles. The summed E-state index contributed by atoms with van der Waals surface area (Å²) in [4.78, 5) is 11.4. The molecule has 1 heterocycles. The summed E-state index contributed by atoms with van der Waals surface area (Å²) in [6, 6.07) is 11.3. The minimum Gasteiger partial charge on any atom is -0.482 e. The zero-order valence-corrected chi connectivity index (χ0v) is 12.0. The van der Waals surface area contributed by atoms with E-state index < -0.39 is 6.10 Å². The van der Waals surface area contributed by atoms with Gasteiger partial charge in [0.25, 0.3) is 5.91 Å². The summed E-state index contributed by atoms with van der Waals surface area (Å²) in [7, 11) is 0. The summed E-state index contributed by atoms with van der Waals surface area (Å²) in [5.41, 5.74) is 4.39. The molecule has 2 aromatic carbocycles. The molecule has 1 atom stereocenters. The highest BCUT2D eigenvalue weighted by molar-refractivity contribution is 5.95. The van der Waals surface area contributed by atoms with E-state index in [2.05, 4.69) is 11.4 Å². The van der Waals surface area contributed by atoms with Crippen LogP contribution in [0.25, 0.3) is 0 Å². The molecule has 4 nitrogen and oxygen atoms in total. The van der Waals surface area contributed by atoms with Gasteiger partial charge in [0.15, 0.2) is 6.61 Å². The summed E-state index contributed by atoms with van der Waals surface area (Å²) in [6.07, 6.45) is -0.729. The van der Waals surface area contributed by atoms with Crippen molar-refractivity contribution >= 4 is 11.6 Å². The molecule has 108 valence electrons. The Bertz CT molecular complexity index is 689. The minimum absolute atomic E-state index is 0.0337. The smallest absolute Gasteiger partial charge is 0.262 e. The first-order valence-corrected chi connectivity index (χ1v) is 6.86. The zero-order chi connectivity index (χ0) is 15.0. The van der Waals surface area contributed by atoms with Gasteiger partial charge in [0.05, 0.1) is 5.69 Å². The molecule has 0 aromatic heterocycles. The van der Waals surface area contributed by atoms with Crippen molar-refractivity contribution in [2.45, 2.75) is 20.0 Å². The van der Waals surface area contributed by atoms with Crippen LogP contribution in [0.15, 0.2) is 36.4 Å². The topological polar surface area (TPSA) is 58.6 Å². The van der Waals surface area contributed by atoms with E-state index in [0.717, 1.165) is 22.3 Å². The van der Waals surface area contributed by atoms with E-state index in [1.165, 1.54) is 0 Å². The third kappa shape index (κ3) is 2.76. The van der Waals surface area contributed by atoms with Crippen LogP contribution < -0.4 is 10.1 Å². The third-order valence-corrected chi connectivity index (χ3v) is 3.51. The lowest BCUT2D eigenvalue weighted by atomic mass is 9.97. The van der Waals surface area contributed by atoms with E-state index in [0.29, 0.717) is 11.4 Å². The van der Waals surface area contributed by atoms with Crippen molar-refractivity contribution in [1.29, 1.82) is 0 Å². The highest BCUT2D eigenvalue weighted by Crippen LogP contribution is 2.32. The lowest BCUT2D eigenvalue weighted by Gasteiger charge is -2.20. The number of aliphatic hydroxyl groups is 1. The maximum Gasteiger partial charge on any atom is 0.262 e. The molecule has 1 unspecified atom stereocenters. The molecular formula is C17H17NO3. The Morgan fingerprint density at radius 3 is 2.52 bits per heavy atom. The Labute approximate surface area is 123 Å². The third-order valence-electron chi connectivity index (χ3n) is 3.51. The molecule has 0 saturated carbocycles. The lowest BCUT2D eigenvalue weighted by Crippen LogP contribution is -2.25. The fourth-order valence-electron chi connectivity index (χ4n) is 2.63. The number of carbonyl (C=O) groups is 1. The number of hydrogen-bond acceptors (Lipinski definition) is 3. The number of rotatable bonds is 2. The van der Waals surface area contributed by atoms with Gasteiger partial charge in [-0.15, -0.1) is 0 Å². The molecule has 2 N–H and O–H groups in total. The van der Waals surface area contributed by atoms with Gasteiger partial charge in [0.2, 0.25) is 0 Å². The van der Waals surface area contributed by atoms with Gasteiger partial charge in [-0.2, -0.15) is 0 Å². The van der Waals surface area contributed by atoms with Gasteiger partial charge >= 0.3 is 0 Å². The van der Waals surface area contributed by atoms with Crippen LogP contribution in [0.4, 0.5) is 5.69 Å². The summed E-state index contributed by atoms with van der Waals surface area (Å²) in [6.45, 7) is 4.04. The molecule has 2 aromatic rings. The van der Waals surface area contributed by atoms with Crippen molar-refractivity contribution in [3.05, 3.63) is 58.7 Å². The summed E-state index contributed by atoms with van der Waals surface area (Å²) in [5.74, 6) is 0.450. The first-order chi connectivity index (χ1) is 10.0. The van der Waals surface area contributed by atoms with Crippen LogP contribution in [0.3, 0.4) is 0 Å². The number of nitrogens with one attached hydrogen (secondary N) is 1. The van der Waals surface area contributed by atoms with E-state index in [1.807, 2.05) is 32.0 Å². The van der Waals surface area contributed by atoms with E-state index in [9.17, 15) is 9.90 Å². The van der Waals surface area contributed by atoms with E-state index >= 15 is 0 Å². The Morgan fingerprint density at radius 1 is 1.10 bits per heavy atom. The number of aliphatic hydroxyl groups excluding tert-OH is 1. The average molecular weight is 283 g/mol. The van der Waals surface area contributed by atoms with Crippen LogP contribution in [0.2, 0.25) is 0 Å². The number of carbonyl (C=O) groups excluding carboxylic acids is 1. The normalized spacial score (nSPS) is 14.9. The fraction of sp³-hybridized carbons (Fsp3) is 0.235. The Kier molecular flexibility index (Phi) is 3.39. The van der Waals surface area contributed by atoms with Crippen molar-refractivity contribution in [3.63, 3.8) is 0 Å². The van der Waals surface area contributed by atoms with Crippen LogP contribution >= 0.6 is 0 Å². The number of ether oxygens (including phenoxy) is 1. The van der Waals surface area contributed by atoms with Crippen LogP contribution in [0, 0.1) is 13.8 Å². The van der Waals surface area contributed by atoms with E-state index in [4.69, 9.17) is 4.74 Å². The van der Waals surface area contributed by atoms with Crippen molar-refractivity contribution in [2.75, 3.05) is 11.9 Å². The minimum atomic E-state index is -0.729. The molecular weight excluding hydrogens is 266 g/mol. The second kappa shape index (κ2) is 5.22. The molecule has 0 fully saturated rings. The summed E-state index contributed by atoms with van der Waals surface area (Å²) >= 11 is 0. The average Bonchev–Trinajstić information content (AvgIpc) is 2.44. The second-order valence-electron chi connectivity index (χ2n) is 5.42. The molecule has 0 bridgehead atoms. The SMILES string of the molecule is Cc1cc(C)cc(C(O)c2ccc3c(c2)NC(=O)CO3)c1. The standard InChI is InChI=1S/C17H17NO3/c1-10-5-11(2)7-13(6-10)17(20)12-3-4-15-14(8-12)18-16(19)9-21-15/h3-8,17,20H,9H2,1-2H3,(H,18,19). The monoisotopic (exact) mass is 283 g/mol. The fourth-order valence-corrected chi connectivity index (χ4v) is 2.63. The Balaban J connectivity index is 1.96. The predicted octanol–water partition coefficient (Wildman–Crippen LogP) is 2.72. The van der Waals surface area contributed by atoms with Crippen LogP contribution in [0.1, 0.15) is 28.4 Å². The molecule has 1 amide bonds. The van der Waals surface area contributed by atoms with Crippen molar-refractivity contribution in [1.82, 2.24) is 0 Å². The number of amides is 1. The van der Waals surface area contributed by atoms with E-state index in [-0.39, 0.29) is 12.5 Å². The van der Waals surface area contributed by atoms with Crippen LogP contribution in [-0.4, -0.2) is 17.6 Å². The molecule has 4 heteroatoms. The van der Waals surface area contributed by atoms with Gasteiger partial charge in [0, 0.05) is 0 Å². The second-order valence-corrected chi connectivity index (χ2v) is 5.42. The van der Waals surface area contributed by atoms with Gasteiger partial charge < -0.3 is 15.2 Å². The highest BCUT2D eigenvalue weighted by Gasteiger charge is 2.19. The van der Waals surface area contributed by atoms with Gasteiger partial charge in [-0.1, -0.05) is 35.4 Å². The van der Waals surface area contributed by atoms with Gasteiger partial charge in [0.1, 0.15) is 11.9 Å². The van der Waals surface area contributed by atoms with Crippen LogP contribution in [-0.2, 0) is 4.79 Å². The maximum absolute atomic E-state index is 11.4. The molecule has 1 aliphatic heterocycles. The van der Waals surface area contributed by atoms with E-state index in [1.54, 1.807) is 12.1 Å². The molecule has 3 rings (SSSR count). The first-order valence-electron chi connectivity index (χ1n) is 6.86. The van der Waals surface area contributed by atoms with Crippen molar-refractivity contribution in [3.8, 4) is 5.75 Å². The largest absolute Gasteiger partial charge is 0.482 e. The van der Waals surface area contributed by atoms with Gasteiger partial charge in [-0.25, -0.2) is 0 Å². The molecule has 0 radical (unpaired) electrons. The molecule has 21 heavy (non-hydrogen) atoms. The maximum atomic E-state index is 11.4. The number of aryl methyl sites for hydroxylation is 2. The Morgan fingerprint density at radius 2 is 1.81 bits per heavy atom. The highest BCUT2D eigenvalue weighted by atomic mass is 16.5. The lowest BCUT2D eigenvalue weighted by molar-refractivity contribution is -0.118. The zero-order valence-electron chi connectivity index (χ0n) is 12.0. The van der Waals surface area contributed by atoms with Crippen molar-refractivity contribution < 1.29 is 14.6 Å². The first kappa shape index (κ1) is 13.6. The molecule has 0 spiro atoms. The van der Waals surface area contributed by atoms with Gasteiger partial charge in [-0.05, 0) is 37.1 Å². The predicted molar refractivity (Wildman–Crippen MR) is 80.5 cm³/mol. The number of benzene rings is 2. The number of hydrogen-bond donors (Lipinski definition) is 2. The number of fused-ring (bicyclic) bond motifs is 1. The number of anilines is 1. The molecule has 1 aliphatic rings. The van der Waals surface area contributed by atoms with Crippen molar-refractivity contribution in [2.24, 2.45) is 0 Å². The van der Waals surface area contributed by atoms with Gasteiger partial charge in [-0.3, -0.25) is 4.79 Å². The quantitative estimate of drug-likeness (QED) is 0.891. The Hall–Kier alpha value is -2.33. The summed E-state index contributed by atoms with van der Waals surface area (Å²) < 4.78 is 5.32.